The van der Waals surface area contributed by atoms with E-state index < -0.39 is 16.0 Å². The standard InChI is InChI=1S/C7H9FN2O2S/c1-2-13(11,12)10-7-5-3-4-6(8)9-7/h3-5H,2H2,1H3,(H,9,10). The molecule has 4 nitrogen and oxygen atoms in total. The quantitative estimate of drug-likeness (QED) is 0.747. The fourth-order valence-corrected chi connectivity index (χ4v) is 1.27. The van der Waals surface area contributed by atoms with E-state index in [2.05, 4.69) is 9.71 Å². The van der Waals surface area contributed by atoms with Gasteiger partial charge in [-0.1, -0.05) is 6.07 Å². The van der Waals surface area contributed by atoms with Gasteiger partial charge < -0.3 is 0 Å². The van der Waals surface area contributed by atoms with E-state index in [0.29, 0.717) is 0 Å². The first-order valence-electron chi connectivity index (χ1n) is 3.66. The van der Waals surface area contributed by atoms with Crippen LogP contribution in [0.25, 0.3) is 0 Å². The van der Waals surface area contributed by atoms with Crippen LogP contribution in [0.3, 0.4) is 0 Å². The van der Waals surface area contributed by atoms with E-state index >= 15 is 0 Å². The molecule has 0 spiro atoms. The molecule has 0 bridgehead atoms. The second kappa shape index (κ2) is 3.69. The Morgan fingerprint density at radius 3 is 2.77 bits per heavy atom. The lowest BCUT2D eigenvalue weighted by molar-refractivity contribution is 0.584. The van der Waals surface area contributed by atoms with Gasteiger partial charge in [-0.3, -0.25) is 4.72 Å². The number of nitrogens with one attached hydrogen (secondary N) is 1. The third-order valence-corrected chi connectivity index (χ3v) is 2.64. The van der Waals surface area contributed by atoms with Crippen LogP contribution in [0.15, 0.2) is 18.2 Å². The third kappa shape index (κ3) is 2.98. The maximum atomic E-state index is 12.5. The molecule has 1 aromatic heterocycles. The Labute approximate surface area is 75.9 Å². The molecule has 0 aliphatic carbocycles. The molecule has 0 unspecified atom stereocenters. The molecule has 0 atom stereocenters. The summed E-state index contributed by atoms with van der Waals surface area (Å²) in [6, 6.07) is 3.91. The van der Waals surface area contributed by atoms with Gasteiger partial charge >= 0.3 is 0 Å². The molecule has 1 aromatic rings. The number of pyridine rings is 1. The molecule has 0 fully saturated rings. The van der Waals surface area contributed by atoms with Crippen molar-refractivity contribution < 1.29 is 12.8 Å². The summed E-state index contributed by atoms with van der Waals surface area (Å²) in [5, 5.41) is 0. The Hall–Kier alpha value is -1.17. The second-order valence-corrected chi connectivity index (χ2v) is 4.36. The minimum atomic E-state index is -3.37. The van der Waals surface area contributed by atoms with Crippen LogP contribution in [-0.2, 0) is 10.0 Å². The lowest BCUT2D eigenvalue weighted by Crippen LogP contribution is -2.15. The topological polar surface area (TPSA) is 59.1 Å². The predicted molar refractivity (Wildman–Crippen MR) is 47.3 cm³/mol. The molecular formula is C7H9FN2O2S. The average molecular weight is 204 g/mol. The van der Waals surface area contributed by atoms with Crippen molar-refractivity contribution in [3.8, 4) is 0 Å². The van der Waals surface area contributed by atoms with Crippen molar-refractivity contribution in [2.24, 2.45) is 0 Å². The lowest BCUT2D eigenvalue weighted by Gasteiger charge is -2.03. The van der Waals surface area contributed by atoms with Crippen LogP contribution in [0.2, 0.25) is 0 Å². The summed E-state index contributed by atoms with van der Waals surface area (Å²) < 4.78 is 36.6. The molecular weight excluding hydrogens is 195 g/mol. The highest BCUT2D eigenvalue weighted by atomic mass is 32.2. The molecule has 0 radical (unpaired) electrons. The summed E-state index contributed by atoms with van der Waals surface area (Å²) >= 11 is 0. The monoisotopic (exact) mass is 204 g/mol. The lowest BCUT2D eigenvalue weighted by atomic mass is 10.5. The van der Waals surface area contributed by atoms with Gasteiger partial charge in [-0.05, 0) is 19.1 Å². The molecule has 0 aromatic carbocycles. The summed E-state index contributed by atoms with van der Waals surface area (Å²) in [6.07, 6.45) is 0. The van der Waals surface area contributed by atoms with Crippen LogP contribution in [-0.4, -0.2) is 19.2 Å². The molecule has 13 heavy (non-hydrogen) atoms. The molecule has 0 saturated carbocycles. The van der Waals surface area contributed by atoms with Gasteiger partial charge in [0, 0.05) is 0 Å². The maximum absolute atomic E-state index is 12.5. The number of anilines is 1. The van der Waals surface area contributed by atoms with Crippen LogP contribution in [0.1, 0.15) is 6.92 Å². The number of aromatic nitrogens is 1. The van der Waals surface area contributed by atoms with Crippen LogP contribution >= 0.6 is 0 Å². The van der Waals surface area contributed by atoms with Crippen molar-refractivity contribution in [3.05, 3.63) is 24.1 Å². The van der Waals surface area contributed by atoms with Gasteiger partial charge in [-0.25, -0.2) is 13.4 Å². The molecule has 1 rings (SSSR count). The van der Waals surface area contributed by atoms with Crippen molar-refractivity contribution >= 4 is 15.8 Å². The van der Waals surface area contributed by atoms with Crippen LogP contribution in [0.5, 0.6) is 0 Å². The van der Waals surface area contributed by atoms with Crippen molar-refractivity contribution in [2.75, 3.05) is 10.5 Å². The maximum Gasteiger partial charge on any atom is 0.233 e. The van der Waals surface area contributed by atoms with E-state index in [1.165, 1.54) is 19.1 Å². The Balaban J connectivity index is 2.87. The van der Waals surface area contributed by atoms with Crippen LogP contribution in [0, 0.1) is 5.95 Å². The molecule has 1 N–H and O–H groups in total. The van der Waals surface area contributed by atoms with Crippen molar-refractivity contribution in [2.45, 2.75) is 6.92 Å². The van der Waals surface area contributed by atoms with Gasteiger partial charge in [0.15, 0.2) is 0 Å². The SMILES string of the molecule is CCS(=O)(=O)Nc1cccc(F)n1. The summed E-state index contributed by atoms with van der Waals surface area (Å²) in [4.78, 5) is 3.35. The number of sulfonamides is 1. The van der Waals surface area contributed by atoms with Crippen molar-refractivity contribution in [1.29, 1.82) is 0 Å². The highest BCUT2D eigenvalue weighted by Gasteiger charge is 2.07. The predicted octanol–water partition coefficient (Wildman–Crippen LogP) is 0.982. The zero-order chi connectivity index (χ0) is 9.90. The number of rotatable bonds is 3. The van der Waals surface area contributed by atoms with Gasteiger partial charge in [-0.2, -0.15) is 4.39 Å². The van der Waals surface area contributed by atoms with Gasteiger partial charge in [0.2, 0.25) is 16.0 Å². The summed E-state index contributed by atoms with van der Waals surface area (Å²) in [5.41, 5.74) is 0. The highest BCUT2D eigenvalue weighted by Crippen LogP contribution is 2.05. The normalized spacial score (nSPS) is 11.2. The van der Waals surface area contributed by atoms with E-state index in [1.54, 1.807) is 0 Å². The zero-order valence-electron chi connectivity index (χ0n) is 6.99. The van der Waals surface area contributed by atoms with Gasteiger partial charge in [-0.15, -0.1) is 0 Å². The molecule has 0 saturated heterocycles. The van der Waals surface area contributed by atoms with E-state index in [-0.39, 0.29) is 11.6 Å². The van der Waals surface area contributed by atoms with Crippen LogP contribution in [0.4, 0.5) is 10.2 Å². The average Bonchev–Trinajstić information content (AvgIpc) is 2.03. The van der Waals surface area contributed by atoms with E-state index in [1.807, 2.05) is 0 Å². The second-order valence-electron chi connectivity index (χ2n) is 2.35. The molecule has 6 heteroatoms. The highest BCUT2D eigenvalue weighted by molar-refractivity contribution is 7.92. The van der Waals surface area contributed by atoms with Gasteiger partial charge in [0.25, 0.3) is 0 Å². The van der Waals surface area contributed by atoms with E-state index in [9.17, 15) is 12.8 Å². The third-order valence-electron chi connectivity index (χ3n) is 1.36. The van der Waals surface area contributed by atoms with Crippen molar-refractivity contribution in [1.82, 2.24) is 4.98 Å². The molecule has 0 amide bonds. The number of hydrogen-bond donors (Lipinski definition) is 1. The molecule has 0 aliphatic heterocycles. The van der Waals surface area contributed by atoms with Crippen LogP contribution < -0.4 is 4.72 Å². The number of hydrogen-bond acceptors (Lipinski definition) is 3. The Morgan fingerprint density at radius 2 is 2.23 bits per heavy atom. The summed E-state index contributed by atoms with van der Waals surface area (Å²) in [7, 11) is -3.37. The Kier molecular flexibility index (Phi) is 2.82. The molecule has 0 aliphatic rings. The van der Waals surface area contributed by atoms with E-state index in [4.69, 9.17) is 0 Å². The smallest absolute Gasteiger partial charge is 0.233 e. The zero-order valence-corrected chi connectivity index (χ0v) is 7.81. The number of halogens is 1. The molecule has 1 heterocycles. The Morgan fingerprint density at radius 1 is 1.54 bits per heavy atom. The Bertz CT molecular complexity index is 391. The minimum absolute atomic E-state index is 0.00171. The minimum Gasteiger partial charge on any atom is -0.267 e. The van der Waals surface area contributed by atoms with Gasteiger partial charge in [0.1, 0.15) is 5.82 Å². The summed E-state index contributed by atoms with van der Waals surface area (Å²) in [6.45, 7) is 1.49. The summed E-state index contributed by atoms with van der Waals surface area (Å²) in [5.74, 6) is -0.774. The first-order chi connectivity index (χ1) is 6.03. The first-order valence-corrected chi connectivity index (χ1v) is 5.32. The van der Waals surface area contributed by atoms with Crippen molar-refractivity contribution in [3.63, 3.8) is 0 Å². The molecule has 72 valence electrons. The number of nitrogens with zero attached hydrogens (tertiary/aromatic N) is 1. The fourth-order valence-electron chi connectivity index (χ4n) is 0.697. The van der Waals surface area contributed by atoms with Gasteiger partial charge in [0.05, 0.1) is 5.75 Å². The largest absolute Gasteiger partial charge is 0.267 e. The first kappa shape index (κ1) is 9.91. The van der Waals surface area contributed by atoms with E-state index in [0.717, 1.165) is 6.07 Å². The fraction of sp³-hybridized carbons (Fsp3) is 0.286.